The Balaban J connectivity index is 1.49. The molecule has 1 aromatic heterocycles. The van der Waals surface area contributed by atoms with E-state index in [1.165, 1.54) is 18.5 Å². The Hall–Kier alpha value is -3.39. The van der Waals surface area contributed by atoms with Crippen LogP contribution < -0.4 is 10.2 Å². The molecule has 4 heterocycles. The molecule has 5 rings (SSSR count). The molecule has 8 nitrogen and oxygen atoms in total. The van der Waals surface area contributed by atoms with Crippen LogP contribution >= 0.6 is 0 Å². The number of nitrogens with zero attached hydrogens (tertiary/aromatic N) is 4. The minimum atomic E-state index is -0.227. The van der Waals surface area contributed by atoms with Gasteiger partial charge in [-0.25, -0.2) is 0 Å². The molecule has 0 amide bonds. The van der Waals surface area contributed by atoms with Crippen LogP contribution in [0.15, 0.2) is 53.5 Å². The Bertz CT molecular complexity index is 1030. The Morgan fingerprint density at radius 3 is 2.86 bits per heavy atom. The minimum Gasteiger partial charge on any atom is -0.506 e. The number of anilines is 2. The number of hydrogen-bond acceptors (Lipinski definition) is 8. The highest BCUT2D eigenvalue weighted by molar-refractivity contribution is 6.10. The monoisotopic (exact) mass is 391 g/mol. The van der Waals surface area contributed by atoms with Crippen molar-refractivity contribution in [1.82, 2.24) is 9.88 Å². The lowest BCUT2D eigenvalue weighted by molar-refractivity contribution is 0.104. The number of carbonyl (C=O) groups excluding carboxylic acids is 1. The zero-order valence-corrected chi connectivity index (χ0v) is 15.8. The van der Waals surface area contributed by atoms with Gasteiger partial charge in [0.25, 0.3) is 0 Å². The largest absolute Gasteiger partial charge is 0.506 e. The molecule has 8 heteroatoms. The topological polar surface area (TPSA) is 90.3 Å². The number of aliphatic imine (C=N–C) groups is 1. The number of carbonyl (C=O) groups is 1. The van der Waals surface area contributed by atoms with E-state index in [0.29, 0.717) is 24.5 Å². The van der Waals surface area contributed by atoms with Crippen LogP contribution in [0.2, 0.25) is 0 Å². The van der Waals surface area contributed by atoms with Crippen molar-refractivity contribution in [3.05, 3.63) is 59.7 Å². The summed E-state index contributed by atoms with van der Waals surface area (Å²) in [5, 5.41) is 13.0. The summed E-state index contributed by atoms with van der Waals surface area (Å²) in [5.41, 5.74) is 3.42. The maximum atomic E-state index is 12.7. The maximum Gasteiger partial charge on any atom is 0.191 e. The van der Waals surface area contributed by atoms with Gasteiger partial charge in [-0.05, 0) is 24.3 Å². The van der Waals surface area contributed by atoms with E-state index in [1.807, 2.05) is 4.90 Å². The number of hydrogen-bond donors (Lipinski definition) is 2. The molecule has 0 aliphatic carbocycles. The third-order valence-corrected chi connectivity index (χ3v) is 5.29. The average Bonchev–Trinajstić information content (AvgIpc) is 3.24. The molecule has 3 aliphatic heterocycles. The summed E-state index contributed by atoms with van der Waals surface area (Å²) < 4.78 is 5.45. The summed E-state index contributed by atoms with van der Waals surface area (Å²) in [6, 6.07) is 7.72. The van der Waals surface area contributed by atoms with Gasteiger partial charge in [-0.3, -0.25) is 14.8 Å². The van der Waals surface area contributed by atoms with Crippen LogP contribution in [0.4, 0.5) is 11.4 Å². The molecule has 0 spiro atoms. The Morgan fingerprint density at radius 2 is 2.03 bits per heavy atom. The molecule has 29 heavy (non-hydrogen) atoms. The number of aromatic nitrogens is 1. The summed E-state index contributed by atoms with van der Waals surface area (Å²) in [7, 11) is 0. The second kappa shape index (κ2) is 7.21. The van der Waals surface area contributed by atoms with Gasteiger partial charge in [-0.1, -0.05) is 0 Å². The predicted molar refractivity (Wildman–Crippen MR) is 110 cm³/mol. The third kappa shape index (κ3) is 3.31. The van der Waals surface area contributed by atoms with Crippen LogP contribution in [0.1, 0.15) is 15.9 Å². The number of allylic oxidation sites excluding steroid dienone is 1. The van der Waals surface area contributed by atoms with Crippen molar-refractivity contribution >= 4 is 23.0 Å². The van der Waals surface area contributed by atoms with Gasteiger partial charge >= 0.3 is 0 Å². The van der Waals surface area contributed by atoms with Crippen LogP contribution in [0.5, 0.6) is 5.75 Å². The lowest BCUT2D eigenvalue weighted by Gasteiger charge is -2.33. The number of ketones is 1. The fourth-order valence-corrected chi connectivity index (χ4v) is 3.85. The number of benzene rings is 1. The molecule has 1 fully saturated rings. The van der Waals surface area contributed by atoms with Crippen molar-refractivity contribution < 1.29 is 14.6 Å². The second-order valence-electron chi connectivity index (χ2n) is 7.14. The zero-order chi connectivity index (χ0) is 19.8. The van der Waals surface area contributed by atoms with E-state index in [4.69, 9.17) is 4.74 Å². The SMILES string of the molecule is O=C(C=C1Nc2cc(N3CCOCC3)ccc2C2=NCCN12)c1cncc(O)c1. The molecule has 0 radical (unpaired) electrons. The highest BCUT2D eigenvalue weighted by atomic mass is 16.5. The number of pyridine rings is 1. The maximum absolute atomic E-state index is 12.7. The fourth-order valence-electron chi connectivity index (χ4n) is 3.85. The minimum absolute atomic E-state index is 0.0326. The molecule has 1 aromatic carbocycles. The third-order valence-electron chi connectivity index (χ3n) is 5.29. The lowest BCUT2D eigenvalue weighted by atomic mass is 10.1. The van der Waals surface area contributed by atoms with Gasteiger partial charge in [0.2, 0.25) is 0 Å². The number of aromatic hydroxyl groups is 1. The van der Waals surface area contributed by atoms with Crippen molar-refractivity contribution in [3.63, 3.8) is 0 Å². The van der Waals surface area contributed by atoms with Crippen LogP contribution in [-0.2, 0) is 4.74 Å². The van der Waals surface area contributed by atoms with Gasteiger partial charge in [0.1, 0.15) is 17.4 Å². The van der Waals surface area contributed by atoms with E-state index in [0.717, 1.165) is 49.1 Å². The van der Waals surface area contributed by atoms with Crippen molar-refractivity contribution in [2.75, 3.05) is 49.6 Å². The first-order chi connectivity index (χ1) is 14.2. The van der Waals surface area contributed by atoms with Gasteiger partial charge < -0.3 is 25.0 Å². The van der Waals surface area contributed by atoms with Gasteiger partial charge in [-0.2, -0.15) is 0 Å². The molecular weight excluding hydrogens is 370 g/mol. The number of amidine groups is 1. The van der Waals surface area contributed by atoms with Crippen molar-refractivity contribution in [2.24, 2.45) is 4.99 Å². The Morgan fingerprint density at radius 1 is 1.17 bits per heavy atom. The van der Waals surface area contributed by atoms with E-state index >= 15 is 0 Å². The summed E-state index contributed by atoms with van der Waals surface area (Å²) in [4.78, 5) is 25.6. The number of fused-ring (bicyclic) bond motifs is 3. The summed E-state index contributed by atoms with van der Waals surface area (Å²) >= 11 is 0. The van der Waals surface area contributed by atoms with Crippen LogP contribution in [0.25, 0.3) is 0 Å². The molecule has 2 aromatic rings. The Labute approximate surface area is 168 Å². The van der Waals surface area contributed by atoms with Gasteiger partial charge in [0.05, 0.1) is 31.6 Å². The highest BCUT2D eigenvalue weighted by Crippen LogP contribution is 2.33. The molecule has 2 N–H and O–H groups in total. The highest BCUT2D eigenvalue weighted by Gasteiger charge is 2.30. The molecule has 148 valence electrons. The number of morpholine rings is 1. The lowest BCUT2D eigenvalue weighted by Crippen LogP contribution is -2.38. The number of nitrogens with one attached hydrogen (secondary N) is 1. The summed E-state index contributed by atoms with van der Waals surface area (Å²) in [6.45, 7) is 4.56. The van der Waals surface area contributed by atoms with E-state index in [9.17, 15) is 9.90 Å². The molecule has 0 bridgehead atoms. The smallest absolute Gasteiger partial charge is 0.191 e. The van der Waals surface area contributed by atoms with Crippen LogP contribution in [0, 0.1) is 0 Å². The van der Waals surface area contributed by atoms with Crippen molar-refractivity contribution in [2.45, 2.75) is 0 Å². The van der Waals surface area contributed by atoms with Crippen LogP contribution in [-0.4, -0.2) is 66.0 Å². The molecule has 0 saturated carbocycles. The van der Waals surface area contributed by atoms with E-state index in [-0.39, 0.29) is 11.5 Å². The second-order valence-corrected chi connectivity index (χ2v) is 7.14. The molecule has 0 unspecified atom stereocenters. The first kappa shape index (κ1) is 17.7. The quantitative estimate of drug-likeness (QED) is 0.609. The predicted octanol–water partition coefficient (Wildman–Crippen LogP) is 1.84. The van der Waals surface area contributed by atoms with E-state index in [1.54, 1.807) is 6.08 Å². The normalized spacial score (nSPS) is 19.4. The van der Waals surface area contributed by atoms with Gasteiger partial charge in [-0.15, -0.1) is 0 Å². The Kier molecular flexibility index (Phi) is 4.40. The van der Waals surface area contributed by atoms with E-state index in [2.05, 4.69) is 38.4 Å². The zero-order valence-electron chi connectivity index (χ0n) is 15.8. The van der Waals surface area contributed by atoms with Crippen molar-refractivity contribution in [1.29, 1.82) is 0 Å². The molecule has 3 aliphatic rings. The first-order valence-corrected chi connectivity index (χ1v) is 9.65. The summed E-state index contributed by atoms with van der Waals surface area (Å²) in [6.07, 6.45) is 4.30. The number of ether oxygens (including phenoxy) is 1. The fraction of sp³-hybridized carbons (Fsp3) is 0.286. The number of rotatable bonds is 3. The van der Waals surface area contributed by atoms with Gasteiger partial charge in [0.15, 0.2) is 5.78 Å². The molecule has 1 saturated heterocycles. The van der Waals surface area contributed by atoms with Gasteiger partial charge in [0, 0.05) is 48.7 Å². The van der Waals surface area contributed by atoms with Crippen LogP contribution in [0.3, 0.4) is 0 Å². The van der Waals surface area contributed by atoms with Crippen molar-refractivity contribution in [3.8, 4) is 5.75 Å². The molecule has 0 atom stereocenters. The molecular formula is C21H21N5O3. The van der Waals surface area contributed by atoms with E-state index < -0.39 is 0 Å². The standard InChI is InChI=1S/C21H21N5O3/c27-16-9-14(12-22-13-16)19(28)11-20-24-18-10-15(25-5-7-29-8-6-25)1-2-17(18)21-23-3-4-26(20)21/h1-2,9-13,24,27H,3-8H2. The average molecular weight is 391 g/mol. The summed E-state index contributed by atoms with van der Waals surface area (Å²) in [5.74, 6) is 1.30. The first-order valence-electron chi connectivity index (χ1n) is 9.65.